The molecule has 1 N–H and O–H groups in total. The number of hydrogen-bond donors (Lipinski definition) is 1. The molecule has 0 fully saturated rings. The summed E-state index contributed by atoms with van der Waals surface area (Å²) in [5.74, 6) is -0.0925. The molecule has 6 heteroatoms. The first-order valence-electron chi connectivity index (χ1n) is 6.53. The molecule has 1 unspecified atom stereocenters. The molecule has 20 heavy (non-hydrogen) atoms. The van der Waals surface area contributed by atoms with Gasteiger partial charge in [0.1, 0.15) is 0 Å². The van der Waals surface area contributed by atoms with Gasteiger partial charge in [0.25, 0.3) is 0 Å². The van der Waals surface area contributed by atoms with E-state index in [-0.39, 0.29) is 16.7 Å². The third kappa shape index (κ3) is 4.70. The molecule has 0 aromatic heterocycles. The summed E-state index contributed by atoms with van der Waals surface area (Å²) in [5.41, 5.74) is 0.492. The molecular weight excluding hydrogens is 278 g/mol. The third-order valence-electron chi connectivity index (χ3n) is 2.90. The molecule has 1 rings (SSSR count). The third-order valence-corrected chi connectivity index (χ3v) is 4.43. The van der Waals surface area contributed by atoms with Crippen molar-refractivity contribution in [2.45, 2.75) is 37.6 Å². The van der Waals surface area contributed by atoms with Crippen molar-refractivity contribution < 1.29 is 17.9 Å². The van der Waals surface area contributed by atoms with Crippen molar-refractivity contribution >= 4 is 15.8 Å². The van der Waals surface area contributed by atoms with E-state index in [1.807, 2.05) is 6.92 Å². The van der Waals surface area contributed by atoms with Crippen molar-refractivity contribution in [3.63, 3.8) is 0 Å². The Bertz CT molecular complexity index is 531. The van der Waals surface area contributed by atoms with Gasteiger partial charge in [0, 0.05) is 18.7 Å². The molecule has 0 bridgehead atoms. The number of ketones is 1. The summed E-state index contributed by atoms with van der Waals surface area (Å²) in [5, 5.41) is 0. The average Bonchev–Trinajstić information content (AvgIpc) is 2.39. The Morgan fingerprint density at radius 1 is 1.30 bits per heavy atom. The minimum Gasteiger partial charge on any atom is -0.383 e. The first-order chi connectivity index (χ1) is 9.40. The highest BCUT2D eigenvalue weighted by Crippen LogP contribution is 2.12. The molecule has 0 saturated heterocycles. The van der Waals surface area contributed by atoms with E-state index in [9.17, 15) is 13.2 Å². The number of benzene rings is 1. The predicted molar refractivity (Wildman–Crippen MR) is 77.3 cm³/mol. The Hall–Kier alpha value is -1.24. The van der Waals surface area contributed by atoms with Crippen molar-refractivity contribution in [2.24, 2.45) is 0 Å². The topological polar surface area (TPSA) is 72.5 Å². The first kappa shape index (κ1) is 16.8. The van der Waals surface area contributed by atoms with Crippen molar-refractivity contribution in [3.05, 3.63) is 29.8 Å². The van der Waals surface area contributed by atoms with E-state index >= 15 is 0 Å². The van der Waals surface area contributed by atoms with Crippen LogP contribution in [0.4, 0.5) is 0 Å². The van der Waals surface area contributed by atoms with E-state index in [1.165, 1.54) is 31.2 Å². The highest BCUT2D eigenvalue weighted by Gasteiger charge is 2.19. The van der Waals surface area contributed by atoms with Crippen molar-refractivity contribution in [3.8, 4) is 0 Å². The minimum atomic E-state index is -3.59. The molecule has 1 aromatic carbocycles. The Morgan fingerprint density at radius 3 is 2.35 bits per heavy atom. The number of sulfonamides is 1. The van der Waals surface area contributed by atoms with Gasteiger partial charge in [-0.25, -0.2) is 13.1 Å². The molecule has 1 aromatic rings. The van der Waals surface area contributed by atoms with Crippen LogP contribution in [0, 0.1) is 0 Å². The number of carbonyl (C=O) groups excluding carboxylic acids is 1. The van der Waals surface area contributed by atoms with Gasteiger partial charge in [-0.05, 0) is 25.5 Å². The molecule has 1 atom stereocenters. The number of ether oxygens (including phenoxy) is 1. The lowest BCUT2D eigenvalue weighted by molar-refractivity contribution is 0.101. The summed E-state index contributed by atoms with van der Waals surface area (Å²) < 4.78 is 32.1. The summed E-state index contributed by atoms with van der Waals surface area (Å²) in [6.07, 6.45) is 1.57. The summed E-state index contributed by atoms with van der Waals surface area (Å²) in [6.45, 7) is 3.76. The lowest BCUT2D eigenvalue weighted by atomic mass is 10.2. The van der Waals surface area contributed by atoms with Gasteiger partial charge < -0.3 is 4.74 Å². The van der Waals surface area contributed by atoms with Gasteiger partial charge in [-0.1, -0.05) is 25.5 Å². The van der Waals surface area contributed by atoms with Crippen LogP contribution >= 0.6 is 0 Å². The molecule has 0 radical (unpaired) electrons. The van der Waals surface area contributed by atoms with Crippen molar-refractivity contribution in [1.82, 2.24) is 4.72 Å². The maximum absolute atomic E-state index is 12.2. The number of methoxy groups -OCH3 is 1. The maximum Gasteiger partial charge on any atom is 0.240 e. The summed E-state index contributed by atoms with van der Waals surface area (Å²) in [7, 11) is -2.05. The van der Waals surface area contributed by atoms with Gasteiger partial charge >= 0.3 is 0 Å². The standard InChI is InChI=1S/C14H21NO4S/c1-4-5-13(10-19-3)15-20(17,18)14-8-6-12(7-9-14)11(2)16/h6-9,13,15H,4-5,10H2,1-3H3. The highest BCUT2D eigenvalue weighted by molar-refractivity contribution is 7.89. The van der Waals surface area contributed by atoms with E-state index in [0.717, 1.165) is 6.42 Å². The fourth-order valence-corrected chi connectivity index (χ4v) is 3.14. The number of Topliss-reactive ketones (excluding diaryl/α,β-unsaturated/α-hetero) is 1. The zero-order valence-corrected chi connectivity index (χ0v) is 12.9. The molecule has 0 heterocycles. The number of hydrogen-bond acceptors (Lipinski definition) is 4. The van der Waals surface area contributed by atoms with E-state index < -0.39 is 10.0 Å². The molecule has 5 nitrogen and oxygen atoms in total. The maximum atomic E-state index is 12.2. The number of nitrogens with one attached hydrogen (secondary N) is 1. The first-order valence-corrected chi connectivity index (χ1v) is 8.01. The van der Waals surface area contributed by atoms with Gasteiger partial charge in [0.2, 0.25) is 10.0 Å². The fourth-order valence-electron chi connectivity index (χ4n) is 1.88. The van der Waals surface area contributed by atoms with E-state index in [1.54, 1.807) is 7.11 Å². The summed E-state index contributed by atoms with van der Waals surface area (Å²) in [6, 6.07) is 5.66. The number of carbonyl (C=O) groups is 1. The van der Waals surface area contributed by atoms with Crippen LogP contribution < -0.4 is 4.72 Å². The van der Waals surface area contributed by atoms with Gasteiger partial charge in [-0.15, -0.1) is 0 Å². The zero-order chi connectivity index (χ0) is 15.2. The van der Waals surface area contributed by atoms with Gasteiger partial charge in [-0.3, -0.25) is 4.79 Å². The zero-order valence-electron chi connectivity index (χ0n) is 12.0. The fraction of sp³-hybridized carbons (Fsp3) is 0.500. The van der Waals surface area contributed by atoms with Crippen LogP contribution in [0.15, 0.2) is 29.2 Å². The van der Waals surface area contributed by atoms with E-state index in [2.05, 4.69) is 4.72 Å². The Balaban J connectivity index is 2.89. The molecule has 112 valence electrons. The molecular formula is C14H21NO4S. The van der Waals surface area contributed by atoms with Crippen molar-refractivity contribution in [2.75, 3.05) is 13.7 Å². The monoisotopic (exact) mass is 299 g/mol. The normalized spacial score (nSPS) is 13.2. The molecule has 0 aliphatic carbocycles. The molecule has 0 spiro atoms. The van der Waals surface area contributed by atoms with Crippen LogP contribution in [-0.2, 0) is 14.8 Å². The van der Waals surface area contributed by atoms with Crippen molar-refractivity contribution in [1.29, 1.82) is 0 Å². The summed E-state index contributed by atoms with van der Waals surface area (Å²) >= 11 is 0. The quantitative estimate of drug-likeness (QED) is 0.745. The predicted octanol–water partition coefficient (Wildman–Crippen LogP) is 1.98. The van der Waals surface area contributed by atoms with Gasteiger partial charge in [-0.2, -0.15) is 0 Å². The van der Waals surface area contributed by atoms with Crippen LogP contribution in [-0.4, -0.2) is 34.0 Å². The minimum absolute atomic E-state index is 0.0925. The second-order valence-electron chi connectivity index (χ2n) is 4.64. The average molecular weight is 299 g/mol. The summed E-state index contributed by atoms with van der Waals surface area (Å²) in [4.78, 5) is 11.3. The van der Waals surface area contributed by atoms with Crippen LogP contribution in [0.1, 0.15) is 37.0 Å². The van der Waals surface area contributed by atoms with Crippen LogP contribution in [0.2, 0.25) is 0 Å². The smallest absolute Gasteiger partial charge is 0.240 e. The second kappa shape index (κ2) is 7.52. The Kier molecular flexibility index (Phi) is 6.32. The SMILES string of the molecule is CCCC(COC)NS(=O)(=O)c1ccc(C(C)=O)cc1. The molecule has 0 aliphatic rings. The Morgan fingerprint density at radius 2 is 1.90 bits per heavy atom. The molecule has 0 aliphatic heterocycles. The van der Waals surface area contributed by atoms with Crippen LogP contribution in [0.3, 0.4) is 0 Å². The highest BCUT2D eigenvalue weighted by atomic mass is 32.2. The van der Waals surface area contributed by atoms with E-state index in [0.29, 0.717) is 18.6 Å². The van der Waals surface area contributed by atoms with Gasteiger partial charge in [0.15, 0.2) is 5.78 Å². The lowest BCUT2D eigenvalue weighted by Gasteiger charge is -2.17. The van der Waals surface area contributed by atoms with Crippen LogP contribution in [0.25, 0.3) is 0 Å². The second-order valence-corrected chi connectivity index (χ2v) is 6.36. The lowest BCUT2D eigenvalue weighted by Crippen LogP contribution is -2.37. The molecule has 0 amide bonds. The van der Waals surface area contributed by atoms with E-state index in [4.69, 9.17) is 4.74 Å². The largest absolute Gasteiger partial charge is 0.383 e. The Labute approximate surface area is 120 Å². The molecule has 0 saturated carbocycles. The number of rotatable bonds is 8. The van der Waals surface area contributed by atoms with Gasteiger partial charge in [0.05, 0.1) is 11.5 Å². The van der Waals surface area contributed by atoms with Crippen LogP contribution in [0.5, 0.6) is 0 Å².